The van der Waals surface area contributed by atoms with Crippen molar-refractivity contribution in [2.75, 3.05) is 13.1 Å². The molecule has 0 rings (SSSR count). The highest BCUT2D eigenvalue weighted by Gasteiger charge is 1.96. The van der Waals surface area contributed by atoms with Crippen molar-refractivity contribution in [3.05, 3.63) is 0 Å². The molecule has 11 heavy (non-hydrogen) atoms. The van der Waals surface area contributed by atoms with Crippen molar-refractivity contribution >= 4 is 5.97 Å². The van der Waals surface area contributed by atoms with Crippen LogP contribution in [0.4, 0.5) is 0 Å². The van der Waals surface area contributed by atoms with E-state index in [0.29, 0.717) is 13.0 Å². The molecule has 4 heteroatoms. The summed E-state index contributed by atoms with van der Waals surface area (Å²) in [5.74, 6) is -0.845. The molecule has 0 aromatic heterocycles. The van der Waals surface area contributed by atoms with Crippen LogP contribution in [0.2, 0.25) is 0 Å². The highest BCUT2D eigenvalue weighted by atomic mass is 16.4. The van der Waals surface area contributed by atoms with Gasteiger partial charge in [0.15, 0.2) is 0 Å². The van der Waals surface area contributed by atoms with E-state index in [4.69, 9.17) is 10.2 Å². The number of aliphatic hydroxyl groups is 1. The number of carbonyl (C=O) groups is 1. The van der Waals surface area contributed by atoms with Gasteiger partial charge in [-0.05, 0) is 26.3 Å². The lowest BCUT2D eigenvalue weighted by molar-refractivity contribution is -0.135. The van der Waals surface area contributed by atoms with Crippen molar-refractivity contribution in [1.29, 1.82) is 0 Å². The van der Waals surface area contributed by atoms with Crippen LogP contribution in [-0.4, -0.2) is 35.4 Å². The quantitative estimate of drug-likeness (QED) is 0.473. The molecule has 0 fully saturated rings. The highest BCUT2D eigenvalue weighted by molar-refractivity contribution is 5.68. The number of hydrogen-bond donors (Lipinski definition) is 3. The minimum absolute atomic E-state index is 0.000189. The first-order valence-electron chi connectivity index (χ1n) is 3.73. The molecule has 0 spiro atoms. The van der Waals surface area contributed by atoms with E-state index in [1.165, 1.54) is 0 Å². The Hall–Kier alpha value is -0.610. The lowest BCUT2D eigenvalue weighted by atomic mass is 10.2. The molecule has 0 aliphatic rings. The largest absolute Gasteiger partial charge is 0.480 e. The number of nitrogens with one attached hydrogen (secondary N) is 1. The Morgan fingerprint density at radius 2 is 2.27 bits per heavy atom. The summed E-state index contributed by atoms with van der Waals surface area (Å²) in [6.45, 7) is 2.37. The van der Waals surface area contributed by atoms with E-state index in [2.05, 4.69) is 5.32 Å². The fourth-order valence-corrected chi connectivity index (χ4v) is 0.718. The molecule has 0 aliphatic carbocycles. The van der Waals surface area contributed by atoms with Crippen molar-refractivity contribution in [2.45, 2.75) is 25.9 Å². The first-order chi connectivity index (χ1) is 5.13. The molecule has 0 radical (unpaired) electrons. The minimum Gasteiger partial charge on any atom is -0.480 e. The maximum Gasteiger partial charge on any atom is 0.317 e. The normalized spacial score (nSPS) is 12.9. The molecule has 4 nitrogen and oxygen atoms in total. The Kier molecular flexibility index (Phi) is 5.78. The van der Waals surface area contributed by atoms with Gasteiger partial charge in [0.1, 0.15) is 0 Å². The van der Waals surface area contributed by atoms with Crippen molar-refractivity contribution < 1.29 is 15.0 Å². The van der Waals surface area contributed by atoms with Crippen molar-refractivity contribution in [3.8, 4) is 0 Å². The van der Waals surface area contributed by atoms with Gasteiger partial charge in [-0.2, -0.15) is 0 Å². The Morgan fingerprint density at radius 3 is 2.73 bits per heavy atom. The Morgan fingerprint density at radius 1 is 1.64 bits per heavy atom. The predicted molar refractivity (Wildman–Crippen MR) is 41.4 cm³/mol. The maximum atomic E-state index is 9.98. The molecular formula is C7H15NO3. The topological polar surface area (TPSA) is 69.6 Å². The fourth-order valence-electron chi connectivity index (χ4n) is 0.718. The van der Waals surface area contributed by atoms with Gasteiger partial charge in [0.25, 0.3) is 0 Å². The van der Waals surface area contributed by atoms with Crippen LogP contribution in [0.15, 0.2) is 0 Å². The molecular weight excluding hydrogens is 146 g/mol. The van der Waals surface area contributed by atoms with E-state index in [0.717, 1.165) is 6.42 Å². The van der Waals surface area contributed by atoms with Gasteiger partial charge in [-0.3, -0.25) is 4.79 Å². The number of hydrogen-bond acceptors (Lipinski definition) is 3. The molecule has 0 saturated carbocycles. The summed E-state index contributed by atoms with van der Waals surface area (Å²) in [6.07, 6.45) is 1.24. The second-order valence-corrected chi connectivity index (χ2v) is 2.56. The zero-order valence-electron chi connectivity index (χ0n) is 6.71. The van der Waals surface area contributed by atoms with Gasteiger partial charge < -0.3 is 15.5 Å². The third-order valence-electron chi connectivity index (χ3n) is 1.25. The fraction of sp³-hybridized carbons (Fsp3) is 0.857. The van der Waals surface area contributed by atoms with Gasteiger partial charge in [-0.25, -0.2) is 0 Å². The third kappa shape index (κ3) is 9.39. The standard InChI is InChI=1S/C7H15NO3/c1-6(9)3-2-4-8-5-7(10)11/h6,8-9H,2-5H2,1H3,(H,10,11). The van der Waals surface area contributed by atoms with Crippen molar-refractivity contribution in [3.63, 3.8) is 0 Å². The smallest absolute Gasteiger partial charge is 0.317 e. The first kappa shape index (κ1) is 10.4. The van der Waals surface area contributed by atoms with Gasteiger partial charge in [-0.15, -0.1) is 0 Å². The molecule has 0 aliphatic heterocycles. The Bertz CT molecular complexity index is 114. The van der Waals surface area contributed by atoms with E-state index in [-0.39, 0.29) is 12.6 Å². The lowest BCUT2D eigenvalue weighted by Crippen LogP contribution is -2.23. The van der Waals surface area contributed by atoms with E-state index in [9.17, 15) is 4.79 Å². The van der Waals surface area contributed by atoms with Gasteiger partial charge in [0.05, 0.1) is 12.6 Å². The Labute approximate surface area is 66.2 Å². The summed E-state index contributed by atoms with van der Waals surface area (Å²) >= 11 is 0. The molecule has 0 bridgehead atoms. The molecule has 1 unspecified atom stereocenters. The van der Waals surface area contributed by atoms with Crippen LogP contribution in [-0.2, 0) is 4.79 Å². The average Bonchev–Trinajstić information content (AvgIpc) is 1.85. The van der Waals surface area contributed by atoms with Gasteiger partial charge in [-0.1, -0.05) is 0 Å². The summed E-state index contributed by atoms with van der Waals surface area (Å²) in [4.78, 5) is 9.98. The average molecular weight is 161 g/mol. The molecule has 66 valence electrons. The number of carboxylic acid groups (broad SMARTS) is 1. The van der Waals surface area contributed by atoms with Gasteiger partial charge in [0.2, 0.25) is 0 Å². The molecule has 0 amide bonds. The number of carboxylic acids is 1. The molecule has 1 atom stereocenters. The first-order valence-corrected chi connectivity index (χ1v) is 3.73. The summed E-state index contributed by atoms with van der Waals surface area (Å²) in [7, 11) is 0. The molecule has 0 saturated heterocycles. The third-order valence-corrected chi connectivity index (χ3v) is 1.25. The van der Waals surface area contributed by atoms with E-state index in [1.807, 2.05) is 0 Å². The van der Waals surface area contributed by atoms with Crippen LogP contribution >= 0.6 is 0 Å². The molecule has 0 aromatic carbocycles. The summed E-state index contributed by atoms with van der Waals surface area (Å²) < 4.78 is 0. The lowest BCUT2D eigenvalue weighted by Gasteiger charge is -2.03. The molecule has 0 heterocycles. The van der Waals surface area contributed by atoms with Crippen LogP contribution in [0.1, 0.15) is 19.8 Å². The number of rotatable bonds is 6. The summed E-state index contributed by atoms with van der Waals surface area (Å²) in [6, 6.07) is 0. The zero-order valence-corrected chi connectivity index (χ0v) is 6.71. The number of aliphatic carboxylic acids is 1. The van der Waals surface area contributed by atoms with E-state index in [1.54, 1.807) is 6.92 Å². The van der Waals surface area contributed by atoms with Crippen LogP contribution in [0.3, 0.4) is 0 Å². The Balaban J connectivity index is 2.97. The van der Waals surface area contributed by atoms with E-state index < -0.39 is 5.97 Å². The maximum absolute atomic E-state index is 9.98. The van der Waals surface area contributed by atoms with Crippen LogP contribution < -0.4 is 5.32 Å². The molecule has 0 aromatic rings. The van der Waals surface area contributed by atoms with Gasteiger partial charge >= 0.3 is 5.97 Å². The summed E-state index contributed by atoms with van der Waals surface area (Å²) in [5, 5.41) is 19.8. The second kappa shape index (κ2) is 6.12. The highest BCUT2D eigenvalue weighted by Crippen LogP contribution is 1.92. The van der Waals surface area contributed by atoms with Crippen LogP contribution in [0.5, 0.6) is 0 Å². The van der Waals surface area contributed by atoms with E-state index >= 15 is 0 Å². The molecule has 3 N–H and O–H groups in total. The minimum atomic E-state index is -0.845. The van der Waals surface area contributed by atoms with Crippen LogP contribution in [0, 0.1) is 0 Å². The monoisotopic (exact) mass is 161 g/mol. The predicted octanol–water partition coefficient (Wildman–Crippen LogP) is -0.178. The van der Waals surface area contributed by atoms with Crippen molar-refractivity contribution in [1.82, 2.24) is 5.32 Å². The summed E-state index contributed by atoms with van der Waals surface area (Å²) in [5.41, 5.74) is 0. The second-order valence-electron chi connectivity index (χ2n) is 2.56. The van der Waals surface area contributed by atoms with Gasteiger partial charge in [0, 0.05) is 0 Å². The SMILES string of the molecule is CC(O)CCCNCC(=O)O. The van der Waals surface area contributed by atoms with Crippen LogP contribution in [0.25, 0.3) is 0 Å². The number of aliphatic hydroxyl groups excluding tert-OH is 1. The van der Waals surface area contributed by atoms with Crippen molar-refractivity contribution in [2.24, 2.45) is 0 Å². The zero-order chi connectivity index (χ0) is 8.69.